The van der Waals surface area contributed by atoms with Crippen molar-refractivity contribution in [2.24, 2.45) is 17.8 Å². The van der Waals surface area contributed by atoms with E-state index in [4.69, 9.17) is 0 Å². The Hall–Kier alpha value is -0.410. The van der Waals surface area contributed by atoms with Crippen LogP contribution >= 0.6 is 15.9 Å². The minimum absolute atomic E-state index is 0.210. The van der Waals surface area contributed by atoms with Crippen molar-refractivity contribution in [3.8, 4) is 0 Å². The SMILES string of the molecule is OC(Cc1cc(Br)ccc1F)C1C2CCCC21. The Morgan fingerprint density at radius 3 is 2.76 bits per heavy atom. The van der Waals surface area contributed by atoms with Crippen molar-refractivity contribution in [3.05, 3.63) is 34.1 Å². The third-order valence-electron chi connectivity index (χ3n) is 4.35. The Balaban J connectivity index is 1.68. The van der Waals surface area contributed by atoms with Gasteiger partial charge in [0.25, 0.3) is 0 Å². The fourth-order valence-electron chi connectivity index (χ4n) is 3.51. The van der Waals surface area contributed by atoms with Crippen LogP contribution in [0.4, 0.5) is 4.39 Å². The van der Waals surface area contributed by atoms with E-state index in [9.17, 15) is 9.50 Å². The first-order valence-electron chi connectivity index (χ1n) is 6.29. The maximum Gasteiger partial charge on any atom is 0.126 e. The van der Waals surface area contributed by atoms with Gasteiger partial charge in [-0.15, -0.1) is 0 Å². The number of halogens is 2. The average Bonchev–Trinajstić information content (AvgIpc) is 2.78. The Labute approximate surface area is 109 Å². The molecule has 1 nitrogen and oxygen atoms in total. The molecule has 2 aliphatic carbocycles. The number of hydrogen-bond donors (Lipinski definition) is 1. The maximum atomic E-state index is 13.6. The molecule has 3 rings (SSSR count). The molecule has 3 unspecified atom stereocenters. The summed E-state index contributed by atoms with van der Waals surface area (Å²) in [7, 11) is 0. The molecule has 0 heterocycles. The van der Waals surface area contributed by atoms with Crippen molar-refractivity contribution in [2.75, 3.05) is 0 Å². The Bertz CT molecular complexity index is 424. The van der Waals surface area contributed by atoms with E-state index in [1.54, 1.807) is 12.1 Å². The first-order chi connectivity index (χ1) is 8.16. The molecule has 2 aliphatic rings. The van der Waals surface area contributed by atoms with Gasteiger partial charge in [-0.2, -0.15) is 0 Å². The van der Waals surface area contributed by atoms with E-state index in [1.807, 2.05) is 0 Å². The van der Waals surface area contributed by atoms with Gasteiger partial charge in [-0.3, -0.25) is 0 Å². The second-order valence-electron chi connectivity index (χ2n) is 5.34. The smallest absolute Gasteiger partial charge is 0.126 e. The van der Waals surface area contributed by atoms with E-state index in [0.717, 1.165) is 16.3 Å². The van der Waals surface area contributed by atoms with Crippen LogP contribution in [0.3, 0.4) is 0 Å². The van der Waals surface area contributed by atoms with E-state index in [2.05, 4.69) is 15.9 Å². The van der Waals surface area contributed by atoms with Gasteiger partial charge in [0.2, 0.25) is 0 Å². The van der Waals surface area contributed by atoms with Crippen LogP contribution in [-0.4, -0.2) is 11.2 Å². The van der Waals surface area contributed by atoms with Gasteiger partial charge in [-0.1, -0.05) is 22.4 Å². The van der Waals surface area contributed by atoms with Crippen LogP contribution in [0.25, 0.3) is 0 Å². The molecule has 3 heteroatoms. The average molecular weight is 299 g/mol. The van der Waals surface area contributed by atoms with Gasteiger partial charge in [0.1, 0.15) is 5.82 Å². The summed E-state index contributed by atoms with van der Waals surface area (Å²) < 4.78 is 14.4. The molecular formula is C14H16BrFO. The summed E-state index contributed by atoms with van der Waals surface area (Å²) in [5, 5.41) is 10.2. The quantitative estimate of drug-likeness (QED) is 0.905. The minimum Gasteiger partial charge on any atom is -0.392 e. The number of aliphatic hydroxyl groups excluding tert-OH is 1. The number of aliphatic hydroxyl groups is 1. The molecule has 0 bridgehead atoms. The Kier molecular flexibility index (Phi) is 2.99. The van der Waals surface area contributed by atoms with Gasteiger partial charge in [0.15, 0.2) is 0 Å². The Morgan fingerprint density at radius 2 is 2.06 bits per heavy atom. The molecule has 1 aromatic rings. The minimum atomic E-state index is -0.367. The lowest BCUT2D eigenvalue weighted by atomic mass is 9.99. The van der Waals surface area contributed by atoms with Gasteiger partial charge in [0, 0.05) is 10.9 Å². The highest BCUT2D eigenvalue weighted by molar-refractivity contribution is 9.10. The van der Waals surface area contributed by atoms with Gasteiger partial charge in [-0.05, 0) is 54.4 Å². The van der Waals surface area contributed by atoms with Crippen LogP contribution in [0, 0.1) is 23.6 Å². The zero-order valence-corrected chi connectivity index (χ0v) is 11.2. The molecule has 3 atom stereocenters. The van der Waals surface area contributed by atoms with E-state index in [-0.39, 0.29) is 11.9 Å². The summed E-state index contributed by atoms with van der Waals surface area (Å²) in [4.78, 5) is 0. The van der Waals surface area contributed by atoms with Crippen molar-refractivity contribution in [3.63, 3.8) is 0 Å². The molecule has 2 fully saturated rings. The predicted molar refractivity (Wildman–Crippen MR) is 68.1 cm³/mol. The molecule has 0 saturated heterocycles. The van der Waals surface area contributed by atoms with E-state index < -0.39 is 0 Å². The van der Waals surface area contributed by atoms with Gasteiger partial charge >= 0.3 is 0 Å². The van der Waals surface area contributed by atoms with Crippen LogP contribution in [0.5, 0.6) is 0 Å². The van der Waals surface area contributed by atoms with Crippen molar-refractivity contribution in [1.82, 2.24) is 0 Å². The Morgan fingerprint density at radius 1 is 1.35 bits per heavy atom. The summed E-state index contributed by atoms with van der Waals surface area (Å²) in [6.07, 6.45) is 3.90. The molecule has 92 valence electrons. The fourth-order valence-corrected chi connectivity index (χ4v) is 3.92. The largest absolute Gasteiger partial charge is 0.392 e. The van der Waals surface area contributed by atoms with Gasteiger partial charge in [0.05, 0.1) is 6.10 Å². The second-order valence-corrected chi connectivity index (χ2v) is 6.26. The number of rotatable bonds is 3. The van der Waals surface area contributed by atoms with Crippen molar-refractivity contribution in [2.45, 2.75) is 31.8 Å². The summed E-state index contributed by atoms with van der Waals surface area (Å²) in [5.74, 6) is 1.67. The summed E-state index contributed by atoms with van der Waals surface area (Å²) in [6.45, 7) is 0. The van der Waals surface area contributed by atoms with Crippen LogP contribution in [0.15, 0.2) is 22.7 Å². The summed E-state index contributed by atoms with van der Waals surface area (Å²) in [6, 6.07) is 4.92. The number of fused-ring (bicyclic) bond motifs is 1. The number of benzene rings is 1. The molecule has 0 amide bonds. The van der Waals surface area contributed by atoms with E-state index in [1.165, 1.54) is 25.3 Å². The predicted octanol–water partition coefficient (Wildman–Crippen LogP) is 3.54. The zero-order valence-electron chi connectivity index (χ0n) is 9.57. The lowest BCUT2D eigenvalue weighted by molar-refractivity contribution is 0.134. The normalized spacial score (nSPS) is 32.3. The maximum absolute atomic E-state index is 13.6. The molecule has 0 spiro atoms. The third kappa shape index (κ3) is 2.15. The third-order valence-corrected chi connectivity index (χ3v) is 4.85. The molecule has 1 N–H and O–H groups in total. The van der Waals surface area contributed by atoms with Crippen LogP contribution in [-0.2, 0) is 6.42 Å². The van der Waals surface area contributed by atoms with Crippen LogP contribution in [0.1, 0.15) is 24.8 Å². The number of hydrogen-bond acceptors (Lipinski definition) is 1. The monoisotopic (exact) mass is 298 g/mol. The van der Waals surface area contributed by atoms with Crippen molar-refractivity contribution in [1.29, 1.82) is 0 Å². The standard InChI is InChI=1S/C14H16BrFO/c15-9-4-5-12(16)8(6-9)7-13(17)14-10-2-1-3-11(10)14/h4-6,10-11,13-14,17H,1-3,7H2. The molecule has 17 heavy (non-hydrogen) atoms. The molecule has 0 aromatic heterocycles. The van der Waals surface area contributed by atoms with Crippen LogP contribution in [0.2, 0.25) is 0 Å². The van der Waals surface area contributed by atoms with E-state index >= 15 is 0 Å². The molecule has 0 radical (unpaired) electrons. The lowest BCUT2D eigenvalue weighted by Crippen LogP contribution is -2.17. The molecular weight excluding hydrogens is 283 g/mol. The van der Waals surface area contributed by atoms with E-state index in [0.29, 0.717) is 17.9 Å². The highest BCUT2D eigenvalue weighted by Crippen LogP contribution is 2.59. The lowest BCUT2D eigenvalue weighted by Gasteiger charge is -2.13. The van der Waals surface area contributed by atoms with Crippen molar-refractivity contribution < 1.29 is 9.50 Å². The first-order valence-corrected chi connectivity index (χ1v) is 7.08. The molecule has 0 aliphatic heterocycles. The zero-order chi connectivity index (χ0) is 12.0. The van der Waals surface area contributed by atoms with Gasteiger partial charge < -0.3 is 5.11 Å². The summed E-state index contributed by atoms with van der Waals surface area (Å²) in [5.41, 5.74) is 0.622. The van der Waals surface area contributed by atoms with Crippen LogP contribution < -0.4 is 0 Å². The summed E-state index contributed by atoms with van der Waals surface area (Å²) >= 11 is 3.34. The fraction of sp³-hybridized carbons (Fsp3) is 0.571. The van der Waals surface area contributed by atoms with Crippen molar-refractivity contribution >= 4 is 15.9 Å². The first kappa shape index (κ1) is 11.7. The van der Waals surface area contributed by atoms with Gasteiger partial charge in [-0.25, -0.2) is 4.39 Å². The molecule has 1 aromatic carbocycles. The molecule has 2 saturated carbocycles. The highest BCUT2D eigenvalue weighted by Gasteiger charge is 2.55. The second kappa shape index (κ2) is 4.36. The highest BCUT2D eigenvalue weighted by atomic mass is 79.9. The topological polar surface area (TPSA) is 20.2 Å².